The number of phosphoric acid groups is 1. The summed E-state index contributed by atoms with van der Waals surface area (Å²) in [6.45, 7) is 21.7. The first-order valence-corrected chi connectivity index (χ1v) is 19.0. The molecular weight excluding hydrogens is 623 g/mol. The van der Waals surface area contributed by atoms with E-state index >= 15 is 0 Å². The molecule has 0 aromatic rings. The van der Waals surface area contributed by atoms with Gasteiger partial charge in [0.1, 0.15) is 0 Å². The highest BCUT2D eigenvalue weighted by Crippen LogP contribution is 2.54. The molecule has 47 heavy (non-hydrogen) atoms. The van der Waals surface area contributed by atoms with E-state index in [1.54, 1.807) is 0 Å². The van der Waals surface area contributed by atoms with E-state index in [2.05, 4.69) is 40.5 Å². The van der Waals surface area contributed by atoms with Crippen LogP contribution in [0.2, 0.25) is 0 Å². The molecule has 3 atom stereocenters. The molecule has 0 aliphatic carbocycles. The van der Waals surface area contributed by atoms with Gasteiger partial charge in [0.25, 0.3) is 0 Å². The summed E-state index contributed by atoms with van der Waals surface area (Å²) in [5.74, 6) is -2.22. The standard InChI is InChI=1S/C36H63O10P/c1-10-13-16-19-22-25-31(41-34(37)28(4)5)44-47(40,45-32(42-35(38)29(6)7)26-23-20-17-14-11-2)46-33(43-36(39)30(8)9)27-24-21-18-15-12-3/h31-33H,4,6,8,10-27H2,1-3,5,7,9H3. The Balaban J connectivity index is 6.47. The topological polar surface area (TPSA) is 124 Å². The number of carbonyl (C=O) groups is 3. The van der Waals surface area contributed by atoms with Crippen LogP contribution in [0.5, 0.6) is 0 Å². The third-order valence-corrected chi connectivity index (χ3v) is 8.61. The molecule has 10 nitrogen and oxygen atoms in total. The Morgan fingerprint density at radius 1 is 0.468 bits per heavy atom. The van der Waals surface area contributed by atoms with Gasteiger partial charge < -0.3 is 14.2 Å². The van der Waals surface area contributed by atoms with Crippen LogP contribution in [0.3, 0.4) is 0 Å². The van der Waals surface area contributed by atoms with Gasteiger partial charge in [0.2, 0.25) is 18.9 Å². The molecule has 0 radical (unpaired) electrons. The lowest BCUT2D eigenvalue weighted by molar-refractivity contribution is -0.181. The van der Waals surface area contributed by atoms with E-state index in [4.69, 9.17) is 27.8 Å². The summed E-state index contributed by atoms with van der Waals surface area (Å²) >= 11 is 0. The van der Waals surface area contributed by atoms with Gasteiger partial charge in [-0.3, -0.25) is 0 Å². The second-order valence-corrected chi connectivity index (χ2v) is 13.7. The van der Waals surface area contributed by atoms with E-state index in [1.807, 2.05) is 0 Å². The molecule has 11 heteroatoms. The first-order chi connectivity index (χ1) is 22.3. The Kier molecular flexibility index (Phi) is 25.4. The van der Waals surface area contributed by atoms with E-state index in [-0.39, 0.29) is 36.0 Å². The average molecular weight is 687 g/mol. The van der Waals surface area contributed by atoms with Crippen LogP contribution in [0, 0.1) is 0 Å². The molecule has 0 fully saturated rings. The van der Waals surface area contributed by atoms with Crippen molar-refractivity contribution < 1.29 is 46.7 Å². The Hall–Kier alpha value is -2.26. The number of ether oxygens (including phenoxy) is 3. The molecule has 0 spiro atoms. The Morgan fingerprint density at radius 2 is 0.702 bits per heavy atom. The van der Waals surface area contributed by atoms with Gasteiger partial charge in [0, 0.05) is 36.0 Å². The van der Waals surface area contributed by atoms with Crippen molar-refractivity contribution in [1.82, 2.24) is 0 Å². The molecular formula is C36H63O10P. The zero-order chi connectivity index (χ0) is 35.7. The summed E-state index contributed by atoms with van der Waals surface area (Å²) in [5.41, 5.74) is 0.380. The fraction of sp³-hybridized carbons (Fsp3) is 0.750. The predicted molar refractivity (Wildman–Crippen MR) is 185 cm³/mol. The van der Waals surface area contributed by atoms with Gasteiger partial charge in [0.05, 0.1) is 0 Å². The van der Waals surface area contributed by atoms with Crippen molar-refractivity contribution >= 4 is 25.7 Å². The molecule has 272 valence electrons. The summed E-state index contributed by atoms with van der Waals surface area (Å²) < 4.78 is 48.9. The zero-order valence-corrected chi connectivity index (χ0v) is 31.0. The van der Waals surface area contributed by atoms with E-state index in [0.29, 0.717) is 19.3 Å². The van der Waals surface area contributed by atoms with E-state index in [0.717, 1.165) is 77.0 Å². The average Bonchev–Trinajstić information content (AvgIpc) is 3.00. The maximum Gasteiger partial charge on any atom is 0.484 e. The number of rotatable bonds is 30. The van der Waals surface area contributed by atoms with E-state index in [1.165, 1.54) is 20.8 Å². The van der Waals surface area contributed by atoms with Gasteiger partial charge in [0.15, 0.2) is 0 Å². The largest absolute Gasteiger partial charge is 0.484 e. The summed E-state index contributed by atoms with van der Waals surface area (Å²) in [7, 11) is -4.75. The van der Waals surface area contributed by atoms with Crippen molar-refractivity contribution in [3.05, 3.63) is 36.5 Å². The fourth-order valence-electron chi connectivity index (χ4n) is 4.31. The predicted octanol–water partition coefficient (Wildman–Crippen LogP) is 10.6. The molecule has 0 N–H and O–H groups in total. The minimum atomic E-state index is -4.75. The second kappa shape index (κ2) is 26.7. The van der Waals surface area contributed by atoms with Crippen LogP contribution in [0.15, 0.2) is 36.5 Å². The third kappa shape index (κ3) is 22.9. The molecule has 0 rings (SSSR count). The summed E-state index contributed by atoms with van der Waals surface area (Å²) in [5, 5.41) is 0. The molecule has 0 aromatic heterocycles. The lowest BCUT2D eigenvalue weighted by atomic mass is 10.1. The van der Waals surface area contributed by atoms with Gasteiger partial charge >= 0.3 is 25.7 Å². The van der Waals surface area contributed by atoms with Crippen LogP contribution in [0.25, 0.3) is 0 Å². The van der Waals surface area contributed by atoms with E-state index < -0.39 is 44.6 Å². The normalized spacial score (nSPS) is 14.3. The highest BCUT2D eigenvalue weighted by Gasteiger charge is 2.40. The molecule has 0 saturated heterocycles. The number of carbonyl (C=O) groups excluding carboxylic acids is 3. The Bertz CT molecular complexity index is 884. The maximum absolute atomic E-state index is 14.6. The van der Waals surface area contributed by atoms with Crippen molar-refractivity contribution in [2.24, 2.45) is 0 Å². The van der Waals surface area contributed by atoms with Gasteiger partial charge in [-0.2, -0.15) is 0 Å². The monoisotopic (exact) mass is 686 g/mol. The highest BCUT2D eigenvalue weighted by molar-refractivity contribution is 7.48. The fourth-order valence-corrected chi connectivity index (χ4v) is 5.77. The molecule has 0 amide bonds. The molecule has 0 saturated carbocycles. The number of hydrogen-bond donors (Lipinski definition) is 0. The van der Waals surface area contributed by atoms with Crippen molar-refractivity contribution in [2.45, 2.75) is 176 Å². The SMILES string of the molecule is C=C(C)C(=O)OC(CCCCCCC)OP(=O)(OC(CCCCCCC)OC(=O)C(=C)C)OC(CCCCCCC)OC(=O)C(=C)C. The first kappa shape index (κ1) is 44.7. The molecule has 3 unspecified atom stereocenters. The van der Waals surface area contributed by atoms with Gasteiger partial charge in [-0.1, -0.05) is 118 Å². The Labute approximate surface area is 284 Å². The number of esters is 3. The van der Waals surface area contributed by atoms with Crippen LogP contribution >= 0.6 is 7.82 Å². The van der Waals surface area contributed by atoms with Crippen LogP contribution < -0.4 is 0 Å². The molecule has 0 aliphatic rings. The zero-order valence-electron chi connectivity index (χ0n) is 30.1. The summed E-state index contributed by atoms with van der Waals surface area (Å²) in [6.07, 6.45) is 10.1. The van der Waals surface area contributed by atoms with Crippen molar-refractivity contribution in [3.63, 3.8) is 0 Å². The minimum absolute atomic E-state index is 0.127. The van der Waals surface area contributed by atoms with Crippen LogP contribution in [0.4, 0.5) is 0 Å². The molecule has 0 aliphatic heterocycles. The van der Waals surface area contributed by atoms with Crippen LogP contribution in [-0.4, -0.2) is 36.8 Å². The van der Waals surface area contributed by atoms with Crippen molar-refractivity contribution in [3.8, 4) is 0 Å². The van der Waals surface area contributed by atoms with Crippen molar-refractivity contribution in [2.75, 3.05) is 0 Å². The van der Waals surface area contributed by atoms with Crippen LogP contribution in [0.1, 0.15) is 157 Å². The highest BCUT2D eigenvalue weighted by atomic mass is 31.2. The lowest BCUT2D eigenvalue weighted by Gasteiger charge is -2.29. The number of phosphoric ester groups is 1. The molecule has 0 aromatic carbocycles. The van der Waals surface area contributed by atoms with Crippen LogP contribution in [-0.2, 0) is 46.7 Å². The van der Waals surface area contributed by atoms with Crippen molar-refractivity contribution in [1.29, 1.82) is 0 Å². The quantitative estimate of drug-likeness (QED) is 0.0180. The smallest absolute Gasteiger partial charge is 0.432 e. The lowest BCUT2D eigenvalue weighted by Crippen LogP contribution is -2.28. The van der Waals surface area contributed by atoms with E-state index in [9.17, 15) is 18.9 Å². The number of unbranched alkanes of at least 4 members (excludes halogenated alkanes) is 12. The minimum Gasteiger partial charge on any atom is -0.432 e. The molecule has 0 heterocycles. The summed E-state index contributed by atoms with van der Waals surface area (Å²) in [4.78, 5) is 37.8. The van der Waals surface area contributed by atoms with Gasteiger partial charge in [-0.15, -0.1) is 0 Å². The first-order valence-electron chi connectivity index (χ1n) is 17.5. The van der Waals surface area contributed by atoms with Gasteiger partial charge in [-0.25, -0.2) is 32.5 Å². The summed E-state index contributed by atoms with van der Waals surface area (Å²) in [6, 6.07) is 0. The Morgan fingerprint density at radius 3 is 0.915 bits per heavy atom. The van der Waals surface area contributed by atoms with Gasteiger partial charge in [-0.05, 0) is 40.0 Å². The second-order valence-electron chi connectivity index (χ2n) is 12.2. The molecule has 0 bridgehead atoms. The third-order valence-electron chi connectivity index (χ3n) is 7.13. The number of hydrogen-bond acceptors (Lipinski definition) is 10. The maximum atomic E-state index is 14.6.